The van der Waals surface area contributed by atoms with Gasteiger partial charge in [0.15, 0.2) is 11.5 Å². The van der Waals surface area contributed by atoms with Gasteiger partial charge in [0.05, 0.1) is 35.9 Å². The zero-order chi connectivity index (χ0) is 30.4. The molecule has 0 amide bonds. The predicted octanol–water partition coefficient (Wildman–Crippen LogP) is 6.61. The van der Waals surface area contributed by atoms with Crippen molar-refractivity contribution >= 4 is 34.6 Å². The van der Waals surface area contributed by atoms with Crippen molar-refractivity contribution in [2.24, 2.45) is 5.92 Å². The Kier molecular flexibility index (Phi) is 7.50. The number of pyridine rings is 1. The van der Waals surface area contributed by atoms with Gasteiger partial charge in [-0.15, -0.1) is 0 Å². The van der Waals surface area contributed by atoms with Crippen LogP contribution in [0.15, 0.2) is 48.7 Å². The second-order valence-corrected chi connectivity index (χ2v) is 12.4. The van der Waals surface area contributed by atoms with Crippen molar-refractivity contribution in [3.8, 4) is 17.2 Å². The second-order valence-electron chi connectivity index (χ2n) is 12.0. The third kappa shape index (κ3) is 5.30. The number of aromatic carboxylic acids is 1. The maximum atomic E-state index is 11.8. The highest BCUT2D eigenvalue weighted by Crippen LogP contribution is 2.50. The molecule has 2 aromatic heterocycles. The van der Waals surface area contributed by atoms with Gasteiger partial charge in [0.1, 0.15) is 17.0 Å². The number of carboxylic acid groups (broad SMARTS) is 1. The molecule has 0 radical (unpaired) electrons. The van der Waals surface area contributed by atoms with Gasteiger partial charge in [-0.3, -0.25) is 4.98 Å². The van der Waals surface area contributed by atoms with Gasteiger partial charge < -0.3 is 33.9 Å². The molecule has 4 aromatic rings. The summed E-state index contributed by atoms with van der Waals surface area (Å²) < 4.78 is 26.0. The standard InChI is InChI=1S/C33H35ClN4O6/c1-33(28-11-10-22(34)17-35-28)43-26-5-3-4-24(30(26)44-33)20-8-6-19(7-9-20)16-36-32-37-29-25(38(32)18-23-12-13-42-23)14-21(31(39)40)15-27(29)41-2/h3-5,10-11,14-15,17,19-20,23H,6-9,12-13,16,18H2,1-2H3,(H,36,37)(H,39,40)/t19?,20?,23-,33-/m0/s1. The minimum atomic E-state index is -1.01. The largest absolute Gasteiger partial charge is 0.494 e. The van der Waals surface area contributed by atoms with E-state index in [0.29, 0.717) is 46.3 Å². The van der Waals surface area contributed by atoms with Crippen LogP contribution in [0.1, 0.15) is 66.6 Å². The van der Waals surface area contributed by atoms with Crippen molar-refractivity contribution in [2.75, 3.05) is 25.6 Å². The van der Waals surface area contributed by atoms with E-state index < -0.39 is 11.8 Å². The molecule has 230 valence electrons. The van der Waals surface area contributed by atoms with E-state index in [1.807, 2.05) is 29.7 Å². The number of nitrogens with zero attached hydrogens (tertiary/aromatic N) is 3. The minimum Gasteiger partial charge on any atom is -0.494 e. The van der Waals surface area contributed by atoms with Crippen LogP contribution in [0.3, 0.4) is 0 Å². The number of imidazole rings is 1. The lowest BCUT2D eigenvalue weighted by atomic mass is 9.78. The number of carbonyl (C=O) groups is 1. The van der Waals surface area contributed by atoms with E-state index in [9.17, 15) is 9.90 Å². The number of carboxylic acids is 1. The van der Waals surface area contributed by atoms with Gasteiger partial charge in [-0.25, -0.2) is 9.78 Å². The molecule has 7 rings (SSSR count). The molecule has 2 aliphatic heterocycles. The molecule has 0 unspecified atom stereocenters. The van der Waals surface area contributed by atoms with E-state index in [-0.39, 0.29) is 11.7 Å². The van der Waals surface area contributed by atoms with Crippen LogP contribution in [0.25, 0.3) is 11.0 Å². The van der Waals surface area contributed by atoms with Crippen molar-refractivity contribution in [3.63, 3.8) is 0 Å². The Bertz CT molecular complexity index is 1700. The summed E-state index contributed by atoms with van der Waals surface area (Å²) in [5.41, 5.74) is 3.38. The number of nitrogens with one attached hydrogen (secondary N) is 1. The molecule has 0 spiro atoms. The first-order chi connectivity index (χ1) is 21.3. The number of methoxy groups -OCH3 is 1. The number of aromatic nitrogens is 3. The van der Waals surface area contributed by atoms with Crippen LogP contribution in [0.2, 0.25) is 5.02 Å². The maximum Gasteiger partial charge on any atom is 0.335 e. The first kappa shape index (κ1) is 28.7. The van der Waals surface area contributed by atoms with Crippen LogP contribution >= 0.6 is 11.6 Å². The third-order valence-electron chi connectivity index (χ3n) is 9.10. The lowest BCUT2D eigenvalue weighted by Gasteiger charge is -2.30. The molecule has 1 aliphatic carbocycles. The van der Waals surface area contributed by atoms with E-state index >= 15 is 0 Å². The molecule has 2 aromatic carbocycles. The lowest BCUT2D eigenvalue weighted by molar-refractivity contribution is -0.0722. The molecule has 4 heterocycles. The van der Waals surface area contributed by atoms with Gasteiger partial charge in [-0.05, 0) is 74.3 Å². The van der Waals surface area contributed by atoms with Crippen molar-refractivity contribution in [2.45, 2.75) is 63.4 Å². The van der Waals surface area contributed by atoms with Crippen LogP contribution in [-0.2, 0) is 17.1 Å². The number of halogens is 1. The smallest absolute Gasteiger partial charge is 0.335 e. The van der Waals surface area contributed by atoms with Crippen LogP contribution in [0, 0.1) is 5.92 Å². The highest BCUT2D eigenvalue weighted by molar-refractivity contribution is 6.30. The molecule has 0 bridgehead atoms. The summed E-state index contributed by atoms with van der Waals surface area (Å²) >= 11 is 6.05. The summed E-state index contributed by atoms with van der Waals surface area (Å²) in [5, 5.41) is 13.8. The van der Waals surface area contributed by atoms with Gasteiger partial charge >= 0.3 is 5.97 Å². The molecule has 1 saturated carbocycles. The zero-order valence-corrected chi connectivity index (χ0v) is 25.5. The quantitative estimate of drug-likeness (QED) is 0.214. The summed E-state index contributed by atoms with van der Waals surface area (Å²) in [5.74, 6) is 1.51. The number of para-hydroxylation sites is 1. The molecular formula is C33H35ClN4O6. The Morgan fingerprint density at radius 1 is 1.16 bits per heavy atom. The minimum absolute atomic E-state index is 0.0824. The fraction of sp³-hybridized carbons (Fsp3) is 0.424. The summed E-state index contributed by atoms with van der Waals surface area (Å²) in [6.07, 6.45) is 6.82. The number of hydrogen-bond acceptors (Lipinski definition) is 8. The van der Waals surface area contributed by atoms with Gasteiger partial charge in [0.25, 0.3) is 5.79 Å². The van der Waals surface area contributed by atoms with Crippen LogP contribution in [0.4, 0.5) is 5.95 Å². The molecule has 44 heavy (non-hydrogen) atoms. The molecule has 2 atom stereocenters. The number of anilines is 1. The fourth-order valence-electron chi connectivity index (χ4n) is 6.55. The normalized spacial score (nSPS) is 24.2. The first-order valence-electron chi connectivity index (χ1n) is 15.1. The summed E-state index contributed by atoms with van der Waals surface area (Å²) in [6.45, 7) is 4.00. The topological polar surface area (TPSA) is 117 Å². The maximum absolute atomic E-state index is 11.8. The monoisotopic (exact) mass is 618 g/mol. The number of hydrogen-bond donors (Lipinski definition) is 2. The van der Waals surface area contributed by atoms with Crippen molar-refractivity contribution < 1.29 is 28.8 Å². The lowest BCUT2D eigenvalue weighted by Crippen LogP contribution is -2.32. The van der Waals surface area contributed by atoms with E-state index in [1.54, 1.807) is 18.3 Å². The summed E-state index contributed by atoms with van der Waals surface area (Å²) in [7, 11) is 1.54. The number of rotatable bonds is 9. The average molecular weight is 619 g/mol. The molecule has 10 nitrogen and oxygen atoms in total. The number of fused-ring (bicyclic) bond motifs is 2. The molecule has 1 saturated heterocycles. The number of benzene rings is 2. The van der Waals surface area contributed by atoms with Gasteiger partial charge in [-0.2, -0.15) is 0 Å². The Hall–Kier alpha value is -4.02. The Morgan fingerprint density at radius 3 is 2.66 bits per heavy atom. The zero-order valence-electron chi connectivity index (χ0n) is 24.7. The molecule has 2 fully saturated rings. The second kappa shape index (κ2) is 11.5. The van der Waals surface area contributed by atoms with Crippen molar-refractivity contribution in [1.29, 1.82) is 0 Å². The third-order valence-corrected chi connectivity index (χ3v) is 9.33. The van der Waals surface area contributed by atoms with Crippen molar-refractivity contribution in [3.05, 3.63) is 70.5 Å². The summed E-state index contributed by atoms with van der Waals surface area (Å²) in [4.78, 5) is 21.1. The average Bonchev–Trinajstić information content (AvgIpc) is 3.55. The first-order valence-corrected chi connectivity index (χ1v) is 15.5. The van der Waals surface area contributed by atoms with E-state index in [4.69, 9.17) is 35.5 Å². The number of ether oxygens (including phenoxy) is 4. The Labute approximate surface area is 260 Å². The molecule has 2 N–H and O–H groups in total. The van der Waals surface area contributed by atoms with Crippen LogP contribution in [0.5, 0.6) is 17.2 Å². The van der Waals surface area contributed by atoms with Crippen LogP contribution in [-0.4, -0.2) is 52.0 Å². The van der Waals surface area contributed by atoms with E-state index in [2.05, 4.69) is 16.4 Å². The molecule has 3 aliphatic rings. The van der Waals surface area contributed by atoms with Gasteiger partial charge in [-0.1, -0.05) is 23.7 Å². The van der Waals surface area contributed by atoms with E-state index in [0.717, 1.165) is 62.3 Å². The molecule has 11 heteroatoms. The fourth-order valence-corrected chi connectivity index (χ4v) is 6.67. The SMILES string of the molecule is COc1cc(C(=O)O)cc2c1nc(NCC1CCC(c3cccc4c3O[C@@](C)(c3ccc(Cl)cn3)O4)CC1)n2C[C@@H]1CCO1. The van der Waals surface area contributed by atoms with Gasteiger partial charge in [0, 0.05) is 31.8 Å². The van der Waals surface area contributed by atoms with Crippen LogP contribution < -0.4 is 19.5 Å². The summed E-state index contributed by atoms with van der Waals surface area (Å²) in [6, 6.07) is 13.0. The Balaban J connectivity index is 1.05. The molecular weight excluding hydrogens is 584 g/mol. The highest BCUT2D eigenvalue weighted by atomic mass is 35.5. The van der Waals surface area contributed by atoms with Gasteiger partial charge in [0.2, 0.25) is 5.95 Å². The van der Waals surface area contributed by atoms with Crippen molar-refractivity contribution in [1.82, 2.24) is 14.5 Å². The highest BCUT2D eigenvalue weighted by Gasteiger charge is 2.42. The predicted molar refractivity (Wildman–Crippen MR) is 165 cm³/mol. The Morgan fingerprint density at radius 2 is 1.98 bits per heavy atom. The van der Waals surface area contributed by atoms with E-state index in [1.165, 1.54) is 18.7 Å².